The van der Waals surface area contributed by atoms with E-state index in [0.29, 0.717) is 0 Å². The Kier molecular flexibility index (Phi) is 4.05. The molecule has 2 aromatic rings. The third-order valence-corrected chi connectivity index (χ3v) is 6.27. The van der Waals surface area contributed by atoms with Crippen LogP contribution in [0.3, 0.4) is 0 Å². The molecule has 0 bridgehead atoms. The Morgan fingerprint density at radius 2 is 1.50 bits per heavy atom. The predicted molar refractivity (Wildman–Crippen MR) is 84.0 cm³/mol. The number of benzene rings is 2. The lowest BCUT2D eigenvalue weighted by Crippen LogP contribution is -2.39. The van der Waals surface area contributed by atoms with Gasteiger partial charge in [-0.3, -0.25) is 0 Å². The van der Waals surface area contributed by atoms with Gasteiger partial charge >= 0.3 is 0 Å². The second-order valence-corrected chi connectivity index (χ2v) is 9.70. The normalized spacial score (nSPS) is 11.9. The summed E-state index contributed by atoms with van der Waals surface area (Å²) in [5, 5.41) is 2.25. The molecule has 0 aliphatic carbocycles. The van der Waals surface area contributed by atoms with E-state index in [9.17, 15) is 0 Å². The summed E-state index contributed by atoms with van der Waals surface area (Å²) < 4.78 is 0. The molecule has 0 aliphatic heterocycles. The Hall–Kier alpha value is -1.31. The van der Waals surface area contributed by atoms with Crippen molar-refractivity contribution in [1.29, 1.82) is 0 Å². The van der Waals surface area contributed by atoms with Crippen LogP contribution in [0, 0.1) is 0 Å². The average Bonchev–Trinajstić information content (AvgIpc) is 2.39. The van der Waals surface area contributed by atoms with E-state index in [-0.39, 0.29) is 0 Å². The van der Waals surface area contributed by atoms with Gasteiger partial charge in [0.05, 0.1) is 0 Å². The van der Waals surface area contributed by atoms with Crippen LogP contribution < -0.4 is 5.19 Å². The van der Waals surface area contributed by atoms with Gasteiger partial charge in [-0.1, -0.05) is 90.2 Å². The maximum Gasteiger partial charge on any atom is 0.104 e. The van der Waals surface area contributed by atoms with Crippen LogP contribution in [0.5, 0.6) is 0 Å². The summed E-state index contributed by atoms with van der Waals surface area (Å²) in [5.41, 5.74) is 3.43. The van der Waals surface area contributed by atoms with Crippen molar-refractivity contribution in [2.75, 3.05) is 0 Å². The summed E-state index contributed by atoms with van der Waals surface area (Å²) in [5.74, 6) is 0. The summed E-state index contributed by atoms with van der Waals surface area (Å²) >= 11 is 6.16. The van der Waals surface area contributed by atoms with Crippen LogP contribution in [0.15, 0.2) is 60.3 Å². The predicted octanol–water partition coefficient (Wildman–Crippen LogP) is 4.51. The molecule has 0 amide bonds. The minimum atomic E-state index is -1.52. The van der Waals surface area contributed by atoms with Crippen molar-refractivity contribution in [3.63, 3.8) is 0 Å². The number of hydrogen-bond acceptors (Lipinski definition) is 0. The second-order valence-electron chi connectivity index (χ2n) is 4.94. The highest BCUT2D eigenvalue weighted by Crippen LogP contribution is 2.18. The molecule has 0 N–H and O–H groups in total. The number of halogens is 1. The molecule has 0 aliphatic rings. The Morgan fingerprint density at radius 1 is 0.889 bits per heavy atom. The average molecular weight is 273 g/mol. The lowest BCUT2D eigenvalue weighted by Gasteiger charge is -2.18. The van der Waals surface area contributed by atoms with E-state index in [4.69, 9.17) is 11.6 Å². The van der Waals surface area contributed by atoms with E-state index in [0.717, 1.165) is 10.6 Å². The third-order valence-electron chi connectivity index (χ3n) is 3.10. The van der Waals surface area contributed by atoms with Crippen LogP contribution in [0.2, 0.25) is 18.1 Å². The van der Waals surface area contributed by atoms with Crippen LogP contribution in [-0.2, 0) is 0 Å². The van der Waals surface area contributed by atoms with Crippen molar-refractivity contribution in [3.8, 4) is 0 Å². The third kappa shape index (κ3) is 3.12. The fourth-order valence-corrected chi connectivity index (χ4v) is 3.91. The van der Waals surface area contributed by atoms with E-state index >= 15 is 0 Å². The van der Waals surface area contributed by atoms with Gasteiger partial charge in [0.2, 0.25) is 0 Å². The molecule has 0 heterocycles. The lowest BCUT2D eigenvalue weighted by atomic mass is 10.2. The first-order chi connectivity index (χ1) is 8.59. The summed E-state index contributed by atoms with van der Waals surface area (Å²) in [6.45, 7) is 4.69. The Labute approximate surface area is 115 Å². The van der Waals surface area contributed by atoms with Crippen molar-refractivity contribution < 1.29 is 0 Å². The fraction of sp³-hybridized carbons (Fsp3) is 0.125. The Morgan fingerprint density at radius 3 is 2.17 bits per heavy atom. The summed E-state index contributed by atoms with van der Waals surface area (Å²) in [7, 11) is -1.52. The quantitative estimate of drug-likeness (QED) is 0.722. The Balaban J connectivity index is 2.26. The van der Waals surface area contributed by atoms with E-state index in [1.54, 1.807) is 0 Å². The van der Waals surface area contributed by atoms with E-state index in [1.807, 2.05) is 24.3 Å². The van der Waals surface area contributed by atoms with E-state index < -0.39 is 8.07 Å². The van der Waals surface area contributed by atoms with Crippen LogP contribution in [0.1, 0.15) is 5.56 Å². The topological polar surface area (TPSA) is 0 Å². The van der Waals surface area contributed by atoms with E-state index in [2.05, 4.69) is 55.2 Å². The molecule has 0 nitrogen and oxygen atoms in total. The maximum absolute atomic E-state index is 6.16. The van der Waals surface area contributed by atoms with Crippen LogP contribution in [-0.4, -0.2) is 8.07 Å². The zero-order valence-electron chi connectivity index (χ0n) is 10.7. The van der Waals surface area contributed by atoms with Crippen molar-refractivity contribution in [2.45, 2.75) is 13.1 Å². The van der Waals surface area contributed by atoms with Crippen LogP contribution >= 0.6 is 11.6 Å². The lowest BCUT2D eigenvalue weighted by molar-refractivity contribution is 1.65. The van der Waals surface area contributed by atoms with Crippen LogP contribution in [0.25, 0.3) is 6.08 Å². The molecule has 2 rings (SSSR count). The van der Waals surface area contributed by atoms with Crippen molar-refractivity contribution in [3.05, 3.63) is 70.9 Å². The molecule has 0 aromatic heterocycles. The van der Waals surface area contributed by atoms with Gasteiger partial charge in [0, 0.05) is 5.02 Å². The fourth-order valence-electron chi connectivity index (χ4n) is 1.87. The summed E-state index contributed by atoms with van der Waals surface area (Å²) in [6.07, 6.45) is 2.15. The number of rotatable bonds is 3. The SMILES string of the molecule is C[Si](C)(/C=C/c1ccccc1Cl)c1ccccc1. The van der Waals surface area contributed by atoms with Crippen molar-refractivity contribution in [2.24, 2.45) is 0 Å². The van der Waals surface area contributed by atoms with Gasteiger partial charge in [0.1, 0.15) is 8.07 Å². The molecule has 2 heteroatoms. The largest absolute Gasteiger partial charge is 0.104 e. The first-order valence-corrected chi connectivity index (χ1v) is 9.54. The van der Waals surface area contributed by atoms with Gasteiger partial charge in [-0.2, -0.15) is 0 Å². The van der Waals surface area contributed by atoms with Gasteiger partial charge in [-0.05, 0) is 11.6 Å². The zero-order valence-corrected chi connectivity index (χ0v) is 12.5. The van der Waals surface area contributed by atoms with Gasteiger partial charge < -0.3 is 0 Å². The highest BCUT2D eigenvalue weighted by Gasteiger charge is 2.19. The molecular formula is C16H17ClSi. The molecule has 92 valence electrons. The minimum absolute atomic E-state index is 0.812. The van der Waals surface area contributed by atoms with Gasteiger partial charge in [0.15, 0.2) is 0 Å². The first-order valence-electron chi connectivity index (χ1n) is 6.09. The molecule has 0 atom stereocenters. The monoisotopic (exact) mass is 272 g/mol. The molecule has 0 saturated heterocycles. The molecule has 0 spiro atoms. The van der Waals surface area contributed by atoms with Gasteiger partial charge in [-0.15, -0.1) is 0 Å². The standard InChI is InChI=1S/C16H17ClSi/c1-18(2,15-9-4-3-5-10-15)13-12-14-8-6-7-11-16(14)17/h3-13H,1-2H3/b13-12+. The van der Waals surface area contributed by atoms with E-state index in [1.165, 1.54) is 5.19 Å². The molecule has 18 heavy (non-hydrogen) atoms. The summed E-state index contributed by atoms with van der Waals surface area (Å²) in [6, 6.07) is 18.6. The van der Waals surface area contributed by atoms with Crippen molar-refractivity contribution in [1.82, 2.24) is 0 Å². The van der Waals surface area contributed by atoms with Gasteiger partial charge in [-0.25, -0.2) is 0 Å². The molecule has 0 fully saturated rings. The smallest absolute Gasteiger partial charge is 0.0896 e. The summed E-state index contributed by atoms with van der Waals surface area (Å²) in [4.78, 5) is 0. The van der Waals surface area contributed by atoms with Crippen LogP contribution in [0.4, 0.5) is 0 Å². The molecule has 0 unspecified atom stereocenters. The number of hydrogen-bond donors (Lipinski definition) is 0. The maximum atomic E-state index is 6.16. The highest BCUT2D eigenvalue weighted by molar-refractivity contribution is 6.94. The minimum Gasteiger partial charge on any atom is -0.0896 e. The molecule has 0 saturated carbocycles. The zero-order chi connectivity index (χ0) is 13.0. The molecule has 2 aromatic carbocycles. The first kappa shape index (κ1) is 13.1. The van der Waals surface area contributed by atoms with Crippen molar-refractivity contribution >= 4 is 30.9 Å². The Bertz CT molecular complexity index is 544. The highest BCUT2D eigenvalue weighted by atomic mass is 35.5. The van der Waals surface area contributed by atoms with Gasteiger partial charge in [0.25, 0.3) is 0 Å². The molecular weight excluding hydrogens is 256 g/mol. The molecule has 0 radical (unpaired) electrons. The second kappa shape index (κ2) is 5.55.